The van der Waals surface area contributed by atoms with Gasteiger partial charge in [0.1, 0.15) is 5.92 Å². The van der Waals surface area contributed by atoms with Crippen LogP contribution in [0.25, 0.3) is 0 Å². The molecule has 0 unspecified atom stereocenters. The van der Waals surface area contributed by atoms with Crippen LogP contribution >= 0.6 is 0 Å². The summed E-state index contributed by atoms with van der Waals surface area (Å²) < 4.78 is 0. The molecular weight excluding hydrogens is 84.1 g/mol. The minimum absolute atomic E-state index is 1.08. The third kappa shape index (κ3) is 0.531. The van der Waals surface area contributed by atoms with Crippen molar-refractivity contribution in [2.75, 3.05) is 0 Å². The third-order valence-corrected chi connectivity index (χ3v) is 2.23. The van der Waals surface area contributed by atoms with Gasteiger partial charge in [-0.05, 0) is 19.3 Å². The molecule has 0 spiro atoms. The zero-order valence-corrected chi connectivity index (χ0v) is 4.56. The molecule has 0 nitrogen and oxygen atoms in total. The van der Waals surface area contributed by atoms with Crippen LogP contribution in [-0.2, 0) is 0 Å². The fraction of sp³-hybridized carbons (Fsp3) is 0.857. The van der Waals surface area contributed by atoms with Crippen molar-refractivity contribution >= 4 is 0 Å². The highest BCUT2D eigenvalue weighted by atomic mass is 14.4. The highest BCUT2D eigenvalue weighted by Crippen LogP contribution is 2.48. The van der Waals surface area contributed by atoms with Crippen molar-refractivity contribution in [2.24, 2.45) is 11.8 Å². The van der Waals surface area contributed by atoms with Crippen molar-refractivity contribution in [3.8, 4) is 0 Å². The zero-order chi connectivity index (χ0) is 4.69. The maximum Gasteiger partial charge on any atom is 0.101 e. The van der Waals surface area contributed by atoms with Gasteiger partial charge in [0, 0.05) is 5.92 Å². The Bertz CT molecular complexity index is 66.1. The van der Waals surface area contributed by atoms with E-state index in [4.69, 9.17) is 0 Å². The van der Waals surface area contributed by atoms with E-state index in [9.17, 15) is 0 Å². The molecule has 2 rings (SSSR count). The van der Waals surface area contributed by atoms with E-state index < -0.39 is 0 Å². The van der Waals surface area contributed by atoms with Gasteiger partial charge < -0.3 is 0 Å². The number of hydrogen-bond acceptors (Lipinski definition) is 0. The quantitative estimate of drug-likeness (QED) is 0.404. The van der Waals surface area contributed by atoms with Crippen molar-refractivity contribution in [1.29, 1.82) is 0 Å². The summed E-state index contributed by atoms with van der Waals surface area (Å²) in [7, 11) is 0. The van der Waals surface area contributed by atoms with Gasteiger partial charge in [-0.25, -0.2) is 0 Å². The summed E-state index contributed by atoms with van der Waals surface area (Å²) in [4.78, 5) is 0. The van der Waals surface area contributed by atoms with Crippen LogP contribution in [-0.4, -0.2) is 0 Å². The van der Waals surface area contributed by atoms with Crippen LogP contribution < -0.4 is 0 Å². The van der Waals surface area contributed by atoms with Gasteiger partial charge >= 0.3 is 0 Å². The maximum atomic E-state index is 2.51. The molecule has 0 radical (unpaired) electrons. The molecule has 38 valence electrons. The van der Waals surface area contributed by atoms with Crippen molar-refractivity contribution < 1.29 is 0 Å². The van der Waals surface area contributed by atoms with Crippen molar-refractivity contribution in [2.45, 2.75) is 25.7 Å². The second-order valence-corrected chi connectivity index (χ2v) is 2.83. The summed E-state index contributed by atoms with van der Waals surface area (Å²) in [6, 6.07) is 0. The van der Waals surface area contributed by atoms with Gasteiger partial charge in [0.15, 0.2) is 0 Å². The van der Waals surface area contributed by atoms with Crippen LogP contribution in [0.15, 0.2) is 0 Å². The second kappa shape index (κ2) is 1.18. The van der Waals surface area contributed by atoms with Gasteiger partial charge in [-0.1, -0.05) is 0 Å². The molecule has 0 saturated heterocycles. The molecule has 0 heterocycles. The fourth-order valence-corrected chi connectivity index (χ4v) is 1.60. The van der Waals surface area contributed by atoms with Gasteiger partial charge in [-0.15, -0.1) is 0 Å². The molecular formula is C7H11+. The van der Waals surface area contributed by atoms with Crippen molar-refractivity contribution in [1.82, 2.24) is 0 Å². The lowest BCUT2D eigenvalue weighted by Gasteiger charge is -1.97. The van der Waals surface area contributed by atoms with E-state index in [1.54, 1.807) is 0 Å². The lowest BCUT2D eigenvalue weighted by molar-refractivity contribution is 0.564. The summed E-state index contributed by atoms with van der Waals surface area (Å²) in [6.45, 7) is 0. The Hall–Kier alpha value is -0.130. The lowest BCUT2D eigenvalue weighted by Crippen LogP contribution is -1.92. The van der Waals surface area contributed by atoms with Crippen molar-refractivity contribution in [3.63, 3.8) is 0 Å². The predicted octanol–water partition coefficient (Wildman–Crippen LogP) is 2.01. The van der Waals surface area contributed by atoms with Crippen LogP contribution in [0.4, 0.5) is 0 Å². The number of fused-ring (bicyclic) bond motifs is 1. The lowest BCUT2D eigenvalue weighted by atomic mass is 10.0. The smallest absolute Gasteiger partial charge is 0.0419 e. The Balaban J connectivity index is 1.95. The fourth-order valence-electron chi connectivity index (χ4n) is 1.60. The molecule has 0 aromatic heterocycles. The molecule has 0 N–H and O–H groups in total. The van der Waals surface area contributed by atoms with E-state index in [0.29, 0.717) is 0 Å². The van der Waals surface area contributed by atoms with E-state index in [1.165, 1.54) is 25.7 Å². The molecule has 2 atom stereocenters. The van der Waals surface area contributed by atoms with E-state index in [-0.39, 0.29) is 0 Å². The molecule has 0 amide bonds. The molecule has 0 aromatic carbocycles. The van der Waals surface area contributed by atoms with Crippen LogP contribution in [0.1, 0.15) is 25.7 Å². The molecule has 2 aliphatic carbocycles. The summed E-state index contributed by atoms with van der Waals surface area (Å²) in [5.74, 6) is 2.22. The van der Waals surface area contributed by atoms with E-state index >= 15 is 0 Å². The minimum Gasteiger partial charge on any atom is -0.0419 e. The van der Waals surface area contributed by atoms with E-state index in [1.807, 2.05) is 0 Å². The zero-order valence-electron chi connectivity index (χ0n) is 4.56. The van der Waals surface area contributed by atoms with Crippen LogP contribution in [0.5, 0.6) is 0 Å². The first-order chi connectivity index (χ1) is 3.47. The summed E-state index contributed by atoms with van der Waals surface area (Å²) in [6.07, 6.45) is 8.44. The van der Waals surface area contributed by atoms with Crippen LogP contribution in [0.3, 0.4) is 0 Å². The monoisotopic (exact) mass is 95.1 g/mol. The van der Waals surface area contributed by atoms with Crippen molar-refractivity contribution in [3.05, 3.63) is 6.42 Å². The molecule has 0 bridgehead atoms. The minimum atomic E-state index is 1.08. The van der Waals surface area contributed by atoms with Gasteiger partial charge in [-0.2, -0.15) is 0 Å². The Labute approximate surface area is 44.9 Å². The summed E-state index contributed by atoms with van der Waals surface area (Å²) in [5, 5.41) is 0. The average Bonchev–Trinajstić information content (AvgIpc) is 2.41. The number of hydrogen-bond donors (Lipinski definition) is 0. The van der Waals surface area contributed by atoms with Crippen LogP contribution in [0, 0.1) is 18.3 Å². The first-order valence-electron chi connectivity index (χ1n) is 3.30. The van der Waals surface area contributed by atoms with Gasteiger partial charge in [0.2, 0.25) is 0 Å². The van der Waals surface area contributed by atoms with Gasteiger partial charge in [0.05, 0.1) is 12.8 Å². The summed E-state index contributed by atoms with van der Waals surface area (Å²) in [5.41, 5.74) is 0. The molecule has 2 saturated carbocycles. The first-order valence-corrected chi connectivity index (χ1v) is 3.30. The predicted molar refractivity (Wildman–Crippen MR) is 29.7 cm³/mol. The Kier molecular flexibility index (Phi) is 0.643. The Morgan fingerprint density at radius 1 is 1.43 bits per heavy atom. The Morgan fingerprint density at radius 2 is 2.43 bits per heavy atom. The third-order valence-electron chi connectivity index (χ3n) is 2.23. The van der Waals surface area contributed by atoms with Gasteiger partial charge in [0.25, 0.3) is 0 Å². The molecule has 2 fully saturated rings. The molecule has 0 aliphatic heterocycles. The molecule has 0 heteroatoms. The van der Waals surface area contributed by atoms with E-state index in [0.717, 1.165) is 11.8 Å². The Morgan fingerprint density at radius 3 is 3.00 bits per heavy atom. The van der Waals surface area contributed by atoms with Crippen LogP contribution in [0.2, 0.25) is 0 Å². The average molecular weight is 95.2 g/mol. The highest BCUT2D eigenvalue weighted by molar-refractivity contribution is 4.99. The first kappa shape index (κ1) is 3.82. The largest absolute Gasteiger partial charge is 0.101 e. The molecule has 0 aromatic rings. The van der Waals surface area contributed by atoms with E-state index in [2.05, 4.69) is 6.42 Å². The molecule has 2 aliphatic rings. The maximum absolute atomic E-state index is 2.51. The van der Waals surface area contributed by atoms with Gasteiger partial charge in [-0.3, -0.25) is 0 Å². The summed E-state index contributed by atoms with van der Waals surface area (Å²) >= 11 is 0. The topological polar surface area (TPSA) is 0 Å². The number of rotatable bonds is 0. The highest BCUT2D eigenvalue weighted by Gasteiger charge is 2.45. The standard InChI is InChI=1S/C7H11/c1-2-4-7-5-6(7)3-1/h3,6-7H,1-2,4-5H2/q+1/t6-,7+/m1/s1. The SMILES string of the molecule is [CH+]1CCC[C@H]2C[C@@H]12. The molecule has 7 heavy (non-hydrogen) atoms. The second-order valence-electron chi connectivity index (χ2n) is 2.83. The normalized spacial score (nSPS) is 46.9.